The Morgan fingerprint density at radius 3 is 2.59 bits per heavy atom. The highest BCUT2D eigenvalue weighted by Crippen LogP contribution is 2.14. The Morgan fingerprint density at radius 1 is 0.931 bits per heavy atom. The quantitative estimate of drug-likeness (QED) is 0.401. The van der Waals surface area contributed by atoms with Crippen LogP contribution in [0, 0.1) is 6.92 Å². The van der Waals surface area contributed by atoms with Gasteiger partial charge in [-0.05, 0) is 55.0 Å². The Hall–Kier alpha value is -3.66. The number of amides is 1. The van der Waals surface area contributed by atoms with E-state index in [1.54, 1.807) is 24.4 Å². The van der Waals surface area contributed by atoms with Crippen LogP contribution in [0.1, 0.15) is 15.9 Å². The fourth-order valence-electron chi connectivity index (χ4n) is 2.62. The zero-order valence-electron chi connectivity index (χ0n) is 15.6. The largest absolute Gasteiger partial charge is 0.367 e. The summed E-state index contributed by atoms with van der Waals surface area (Å²) in [5.74, 6) is 1.79. The van der Waals surface area contributed by atoms with Gasteiger partial charge in [0.1, 0.15) is 22.7 Å². The van der Waals surface area contributed by atoms with Gasteiger partial charge < -0.3 is 16.0 Å². The number of nitrogens with one attached hydrogen (secondary N) is 3. The normalized spacial score (nSPS) is 10.7. The van der Waals surface area contributed by atoms with Crippen molar-refractivity contribution < 1.29 is 4.79 Å². The number of anilines is 3. The molecule has 4 rings (SSSR count). The third-order valence-electron chi connectivity index (χ3n) is 4.07. The number of fused-ring (bicyclic) bond motifs is 1. The fourth-order valence-corrected chi connectivity index (χ4v) is 3.14. The van der Waals surface area contributed by atoms with Gasteiger partial charge in [0.25, 0.3) is 5.91 Å². The van der Waals surface area contributed by atoms with Crippen LogP contribution in [0.3, 0.4) is 0 Å². The number of carbonyl (C=O) groups excluding carboxylic acids is 1. The second-order valence-corrected chi connectivity index (χ2v) is 6.83. The van der Waals surface area contributed by atoms with Crippen LogP contribution in [0.4, 0.5) is 17.5 Å². The van der Waals surface area contributed by atoms with E-state index < -0.39 is 0 Å². The van der Waals surface area contributed by atoms with Crippen LogP contribution >= 0.6 is 11.7 Å². The maximum absolute atomic E-state index is 12.2. The predicted octanol–water partition coefficient (Wildman–Crippen LogP) is 2.77. The summed E-state index contributed by atoms with van der Waals surface area (Å²) in [5.41, 5.74) is 3.19. The van der Waals surface area contributed by atoms with Crippen LogP contribution in [0.5, 0.6) is 0 Å². The molecule has 3 aromatic heterocycles. The Morgan fingerprint density at radius 2 is 1.76 bits per heavy atom. The van der Waals surface area contributed by atoms with Gasteiger partial charge in [0.2, 0.25) is 0 Å². The molecule has 3 N–H and O–H groups in total. The molecule has 10 heteroatoms. The maximum Gasteiger partial charge on any atom is 0.251 e. The lowest BCUT2D eigenvalue weighted by molar-refractivity contribution is 0.0955. The highest BCUT2D eigenvalue weighted by molar-refractivity contribution is 7.00. The van der Waals surface area contributed by atoms with Crippen molar-refractivity contribution in [1.29, 1.82) is 0 Å². The van der Waals surface area contributed by atoms with E-state index >= 15 is 0 Å². The zero-order chi connectivity index (χ0) is 20.1. The molecule has 0 saturated heterocycles. The summed E-state index contributed by atoms with van der Waals surface area (Å²) < 4.78 is 8.28. The average molecular weight is 406 g/mol. The molecule has 0 saturated carbocycles. The van der Waals surface area contributed by atoms with Crippen molar-refractivity contribution in [1.82, 2.24) is 29.2 Å². The van der Waals surface area contributed by atoms with E-state index in [0.717, 1.165) is 28.3 Å². The fraction of sp³-hybridized carbons (Fsp3) is 0.158. The lowest BCUT2D eigenvalue weighted by Crippen LogP contribution is -2.28. The molecule has 0 bridgehead atoms. The number of aromatic nitrogens is 5. The summed E-state index contributed by atoms with van der Waals surface area (Å²) in [7, 11) is 0. The molecule has 1 aromatic carbocycles. The first-order valence-corrected chi connectivity index (χ1v) is 9.68. The van der Waals surface area contributed by atoms with Gasteiger partial charge in [-0.15, -0.1) is 10.2 Å². The molecule has 4 aromatic rings. The molecule has 3 heterocycles. The van der Waals surface area contributed by atoms with Crippen LogP contribution in [0.25, 0.3) is 11.0 Å². The minimum atomic E-state index is -0.155. The van der Waals surface area contributed by atoms with Crippen LogP contribution in [0.2, 0.25) is 0 Å². The number of hydrogen-bond acceptors (Lipinski definition) is 9. The molecule has 29 heavy (non-hydrogen) atoms. The molecule has 0 atom stereocenters. The summed E-state index contributed by atoms with van der Waals surface area (Å²) in [4.78, 5) is 16.5. The van der Waals surface area contributed by atoms with Gasteiger partial charge in [-0.1, -0.05) is 0 Å². The molecule has 0 aliphatic rings. The number of nitrogens with zero attached hydrogens (tertiary/aromatic N) is 5. The van der Waals surface area contributed by atoms with Crippen molar-refractivity contribution in [2.75, 3.05) is 23.7 Å². The Kier molecular flexibility index (Phi) is 5.52. The van der Waals surface area contributed by atoms with Crippen LogP contribution in [-0.2, 0) is 0 Å². The number of hydrogen-bond donors (Lipinski definition) is 3. The Labute approximate surface area is 170 Å². The molecular weight excluding hydrogens is 388 g/mol. The number of benzene rings is 1. The van der Waals surface area contributed by atoms with Crippen LogP contribution in [-0.4, -0.2) is 42.9 Å². The summed E-state index contributed by atoms with van der Waals surface area (Å²) in [6.45, 7) is 2.97. The van der Waals surface area contributed by atoms with Gasteiger partial charge in [0.05, 0.1) is 11.7 Å². The molecule has 1 amide bonds. The highest BCUT2D eigenvalue weighted by atomic mass is 32.1. The van der Waals surface area contributed by atoms with Gasteiger partial charge in [0.15, 0.2) is 5.82 Å². The third kappa shape index (κ3) is 4.79. The smallest absolute Gasteiger partial charge is 0.251 e. The monoisotopic (exact) mass is 406 g/mol. The van der Waals surface area contributed by atoms with Crippen LogP contribution < -0.4 is 16.0 Å². The first kappa shape index (κ1) is 18.7. The van der Waals surface area contributed by atoms with Gasteiger partial charge in [-0.2, -0.15) is 8.75 Å². The van der Waals surface area contributed by atoms with Crippen molar-refractivity contribution in [3.63, 3.8) is 0 Å². The molecule has 0 spiro atoms. The summed E-state index contributed by atoms with van der Waals surface area (Å²) in [5, 5.41) is 17.3. The number of pyridine rings is 1. The van der Waals surface area contributed by atoms with Crippen molar-refractivity contribution in [3.8, 4) is 0 Å². The Balaban J connectivity index is 1.24. The van der Waals surface area contributed by atoms with E-state index in [1.165, 1.54) is 0 Å². The van der Waals surface area contributed by atoms with E-state index in [1.807, 2.05) is 31.2 Å². The van der Waals surface area contributed by atoms with Crippen molar-refractivity contribution in [2.45, 2.75) is 6.92 Å². The van der Waals surface area contributed by atoms with E-state index in [9.17, 15) is 4.79 Å². The van der Waals surface area contributed by atoms with E-state index in [2.05, 4.69) is 39.9 Å². The number of rotatable bonds is 7. The predicted molar refractivity (Wildman–Crippen MR) is 113 cm³/mol. The number of aryl methyl sites for hydroxylation is 1. The van der Waals surface area contributed by atoms with E-state index in [4.69, 9.17) is 0 Å². The Bertz CT molecular complexity index is 1130. The molecule has 9 nitrogen and oxygen atoms in total. The minimum absolute atomic E-state index is 0.155. The molecular formula is C19H18N8OS. The first-order chi connectivity index (χ1) is 14.2. The molecule has 146 valence electrons. The highest BCUT2D eigenvalue weighted by Gasteiger charge is 2.07. The van der Waals surface area contributed by atoms with E-state index in [-0.39, 0.29) is 5.91 Å². The standard InChI is InChI=1S/C19H18N8OS/c1-12-6-7-20-18(10-12)23-17-5-4-16(24-25-17)21-8-9-22-19(28)13-2-3-14-15(11-13)27-29-26-14/h2-7,10-11H,8-9H2,1H3,(H,21,24)(H,22,28)(H,20,23,25). The van der Waals surface area contributed by atoms with Crippen molar-refractivity contribution in [2.24, 2.45) is 0 Å². The van der Waals surface area contributed by atoms with Crippen molar-refractivity contribution >= 4 is 46.1 Å². The van der Waals surface area contributed by atoms with Gasteiger partial charge in [-0.3, -0.25) is 4.79 Å². The third-order valence-corrected chi connectivity index (χ3v) is 4.63. The van der Waals surface area contributed by atoms with Crippen LogP contribution in [0.15, 0.2) is 48.7 Å². The second-order valence-electron chi connectivity index (χ2n) is 6.30. The topological polar surface area (TPSA) is 118 Å². The van der Waals surface area contributed by atoms with Gasteiger partial charge in [0, 0.05) is 24.8 Å². The second kappa shape index (κ2) is 8.57. The molecule has 0 fully saturated rings. The van der Waals surface area contributed by atoms with E-state index in [0.29, 0.717) is 36.1 Å². The lowest BCUT2D eigenvalue weighted by atomic mass is 10.2. The summed E-state index contributed by atoms with van der Waals surface area (Å²) >= 11 is 1.13. The molecule has 0 aliphatic carbocycles. The minimum Gasteiger partial charge on any atom is -0.367 e. The summed E-state index contributed by atoms with van der Waals surface area (Å²) in [6.07, 6.45) is 1.74. The molecule has 0 radical (unpaired) electrons. The zero-order valence-corrected chi connectivity index (χ0v) is 16.4. The first-order valence-electron chi connectivity index (χ1n) is 8.95. The maximum atomic E-state index is 12.2. The van der Waals surface area contributed by atoms with Gasteiger partial charge in [-0.25, -0.2) is 4.98 Å². The molecule has 0 aliphatic heterocycles. The lowest BCUT2D eigenvalue weighted by Gasteiger charge is -2.08. The van der Waals surface area contributed by atoms with Gasteiger partial charge >= 0.3 is 0 Å². The number of carbonyl (C=O) groups is 1. The van der Waals surface area contributed by atoms with Crippen molar-refractivity contribution in [3.05, 3.63) is 59.8 Å². The molecule has 0 unspecified atom stereocenters. The average Bonchev–Trinajstić information content (AvgIpc) is 3.20. The summed E-state index contributed by atoms with van der Waals surface area (Å²) in [6, 6.07) is 12.8. The SMILES string of the molecule is Cc1ccnc(Nc2ccc(NCCNC(=O)c3ccc4nsnc4c3)nn2)c1.